The van der Waals surface area contributed by atoms with E-state index in [-0.39, 0.29) is 11.3 Å². The van der Waals surface area contributed by atoms with Crippen molar-refractivity contribution in [3.63, 3.8) is 0 Å². The highest BCUT2D eigenvalue weighted by Gasteiger charge is 2.22. The molecule has 0 saturated carbocycles. The van der Waals surface area contributed by atoms with Gasteiger partial charge in [-0.1, -0.05) is 30.3 Å². The zero-order chi connectivity index (χ0) is 16.2. The topological polar surface area (TPSA) is 66.2 Å². The van der Waals surface area contributed by atoms with Crippen molar-refractivity contribution in [3.05, 3.63) is 64.5 Å². The number of pyridine rings is 1. The highest BCUT2D eigenvalue weighted by atomic mass is 16.5. The summed E-state index contributed by atoms with van der Waals surface area (Å²) in [5.74, 6) is -0.559. The number of benzene rings is 1. The van der Waals surface area contributed by atoms with E-state index in [2.05, 4.69) is 22.0 Å². The van der Waals surface area contributed by atoms with E-state index >= 15 is 0 Å². The van der Waals surface area contributed by atoms with Gasteiger partial charge >= 0.3 is 5.97 Å². The number of methoxy groups -OCH3 is 1. The van der Waals surface area contributed by atoms with Crippen LogP contribution in [-0.4, -0.2) is 29.5 Å². The summed E-state index contributed by atoms with van der Waals surface area (Å²) in [6.45, 7) is 2.47. The highest BCUT2D eigenvalue weighted by Crippen LogP contribution is 2.22. The van der Waals surface area contributed by atoms with Crippen LogP contribution in [0, 0.1) is 11.3 Å². The number of aromatic nitrogens is 1. The minimum absolute atomic E-state index is 0.116. The summed E-state index contributed by atoms with van der Waals surface area (Å²) in [6, 6.07) is 14.1. The first-order valence-electron chi connectivity index (χ1n) is 7.48. The molecule has 0 saturated heterocycles. The molecule has 1 aliphatic heterocycles. The van der Waals surface area contributed by atoms with E-state index in [1.807, 2.05) is 24.3 Å². The second-order valence-electron chi connectivity index (χ2n) is 5.54. The number of carbonyl (C=O) groups excluding carboxylic acids is 1. The molecule has 0 fully saturated rings. The average Bonchev–Trinajstić information content (AvgIpc) is 2.60. The highest BCUT2D eigenvalue weighted by molar-refractivity contribution is 5.90. The molecule has 3 rings (SSSR count). The Balaban J connectivity index is 1.84. The summed E-state index contributed by atoms with van der Waals surface area (Å²) >= 11 is 0. The standard InChI is InChI=1S/C18H17N3O2/c1-23-18(22)17-14(10-19)9-15-12-21(8-7-16(15)20-17)11-13-5-3-2-4-6-13/h2-6,9H,7-8,11-12H2,1H3. The SMILES string of the molecule is COC(=O)c1nc2c(cc1C#N)CN(Cc1ccccc1)CC2. The minimum Gasteiger partial charge on any atom is -0.464 e. The Bertz CT molecular complexity index is 766. The molecule has 0 radical (unpaired) electrons. The van der Waals surface area contributed by atoms with Crippen molar-refractivity contribution < 1.29 is 9.53 Å². The van der Waals surface area contributed by atoms with Gasteiger partial charge in [-0.2, -0.15) is 5.26 Å². The predicted molar refractivity (Wildman–Crippen MR) is 84.6 cm³/mol. The maximum atomic E-state index is 11.7. The van der Waals surface area contributed by atoms with E-state index in [4.69, 9.17) is 4.74 Å². The number of hydrogen-bond acceptors (Lipinski definition) is 5. The zero-order valence-electron chi connectivity index (χ0n) is 13.0. The molecule has 5 nitrogen and oxygen atoms in total. The van der Waals surface area contributed by atoms with Gasteiger partial charge in [0.1, 0.15) is 6.07 Å². The Kier molecular flexibility index (Phi) is 4.35. The van der Waals surface area contributed by atoms with Crippen LogP contribution in [0.4, 0.5) is 0 Å². The van der Waals surface area contributed by atoms with Crippen LogP contribution < -0.4 is 0 Å². The summed E-state index contributed by atoms with van der Waals surface area (Å²) in [5.41, 5.74) is 3.54. The summed E-state index contributed by atoms with van der Waals surface area (Å²) < 4.78 is 4.71. The molecule has 5 heteroatoms. The van der Waals surface area contributed by atoms with Gasteiger partial charge in [0.25, 0.3) is 0 Å². The third-order valence-electron chi connectivity index (χ3n) is 4.00. The number of rotatable bonds is 3. The van der Waals surface area contributed by atoms with Crippen LogP contribution in [0.5, 0.6) is 0 Å². The van der Waals surface area contributed by atoms with Gasteiger partial charge in [-0.25, -0.2) is 9.78 Å². The Morgan fingerprint density at radius 2 is 2.17 bits per heavy atom. The van der Waals surface area contributed by atoms with Crippen LogP contribution in [0.15, 0.2) is 36.4 Å². The molecule has 2 heterocycles. The molecule has 0 N–H and O–H groups in total. The molecule has 116 valence electrons. The maximum Gasteiger partial charge on any atom is 0.358 e. The van der Waals surface area contributed by atoms with Crippen LogP contribution in [0.2, 0.25) is 0 Å². The number of ether oxygens (including phenoxy) is 1. The van der Waals surface area contributed by atoms with Crippen molar-refractivity contribution in [2.75, 3.05) is 13.7 Å². The third kappa shape index (κ3) is 3.22. The van der Waals surface area contributed by atoms with E-state index in [1.54, 1.807) is 6.07 Å². The minimum atomic E-state index is -0.559. The van der Waals surface area contributed by atoms with Gasteiger partial charge in [-0.3, -0.25) is 4.90 Å². The molecule has 1 aromatic heterocycles. The first kappa shape index (κ1) is 15.2. The largest absolute Gasteiger partial charge is 0.464 e. The summed E-state index contributed by atoms with van der Waals surface area (Å²) in [5, 5.41) is 9.25. The molecule has 2 aromatic rings. The van der Waals surface area contributed by atoms with E-state index < -0.39 is 5.97 Å². The lowest BCUT2D eigenvalue weighted by Crippen LogP contribution is -2.31. The first-order chi connectivity index (χ1) is 11.2. The number of nitriles is 1. The number of fused-ring (bicyclic) bond motifs is 1. The van der Waals surface area contributed by atoms with Gasteiger partial charge in [0.05, 0.1) is 12.7 Å². The first-order valence-corrected chi connectivity index (χ1v) is 7.48. The summed E-state index contributed by atoms with van der Waals surface area (Å²) in [6.07, 6.45) is 0.762. The van der Waals surface area contributed by atoms with E-state index in [1.165, 1.54) is 12.7 Å². The van der Waals surface area contributed by atoms with Gasteiger partial charge < -0.3 is 4.74 Å². The van der Waals surface area contributed by atoms with Crippen LogP contribution >= 0.6 is 0 Å². The molecule has 0 amide bonds. The Labute approximate surface area is 135 Å². The van der Waals surface area contributed by atoms with E-state index in [9.17, 15) is 10.1 Å². The molecule has 0 spiro atoms. The van der Waals surface area contributed by atoms with Crippen molar-refractivity contribution in [1.82, 2.24) is 9.88 Å². The number of esters is 1. The zero-order valence-corrected chi connectivity index (χ0v) is 13.0. The van der Waals surface area contributed by atoms with Gasteiger partial charge in [0.15, 0.2) is 5.69 Å². The molecule has 1 aromatic carbocycles. The lowest BCUT2D eigenvalue weighted by molar-refractivity contribution is 0.0593. The quantitative estimate of drug-likeness (QED) is 0.814. The fourth-order valence-electron chi connectivity index (χ4n) is 2.84. The van der Waals surface area contributed by atoms with Gasteiger partial charge in [0.2, 0.25) is 0 Å². The monoisotopic (exact) mass is 307 g/mol. The third-order valence-corrected chi connectivity index (χ3v) is 4.00. The number of carbonyl (C=O) groups is 1. The molecular formula is C18H17N3O2. The normalized spacial score (nSPS) is 13.9. The fourth-order valence-corrected chi connectivity index (χ4v) is 2.84. The number of nitrogens with zero attached hydrogens (tertiary/aromatic N) is 3. The Hall–Kier alpha value is -2.71. The molecular weight excluding hydrogens is 290 g/mol. The van der Waals surface area contributed by atoms with Crippen LogP contribution in [-0.2, 0) is 24.2 Å². The van der Waals surface area contributed by atoms with Crippen molar-refractivity contribution in [2.45, 2.75) is 19.5 Å². The molecule has 0 atom stereocenters. The molecule has 0 aliphatic carbocycles. The van der Waals surface area contributed by atoms with Gasteiger partial charge in [-0.05, 0) is 17.2 Å². The second kappa shape index (κ2) is 6.59. The van der Waals surface area contributed by atoms with Crippen LogP contribution in [0.1, 0.15) is 32.9 Å². The van der Waals surface area contributed by atoms with Crippen LogP contribution in [0.3, 0.4) is 0 Å². The van der Waals surface area contributed by atoms with E-state index in [0.29, 0.717) is 0 Å². The fraction of sp³-hybridized carbons (Fsp3) is 0.278. The Morgan fingerprint density at radius 3 is 2.87 bits per heavy atom. The summed E-state index contributed by atoms with van der Waals surface area (Å²) in [4.78, 5) is 18.4. The van der Waals surface area contributed by atoms with Gasteiger partial charge in [-0.15, -0.1) is 0 Å². The molecule has 0 bridgehead atoms. The molecule has 23 heavy (non-hydrogen) atoms. The predicted octanol–water partition coefficient (Wildman–Crippen LogP) is 2.30. The van der Waals surface area contributed by atoms with Crippen molar-refractivity contribution in [1.29, 1.82) is 5.26 Å². The lowest BCUT2D eigenvalue weighted by atomic mass is 10.0. The number of hydrogen-bond donors (Lipinski definition) is 0. The smallest absolute Gasteiger partial charge is 0.358 e. The molecule has 0 unspecified atom stereocenters. The molecule has 1 aliphatic rings. The average molecular weight is 307 g/mol. The lowest BCUT2D eigenvalue weighted by Gasteiger charge is -2.28. The van der Waals surface area contributed by atoms with Gasteiger partial charge in [0, 0.05) is 31.7 Å². The van der Waals surface area contributed by atoms with E-state index in [0.717, 1.165) is 37.3 Å². The van der Waals surface area contributed by atoms with Crippen molar-refractivity contribution in [2.24, 2.45) is 0 Å². The van der Waals surface area contributed by atoms with Crippen LogP contribution in [0.25, 0.3) is 0 Å². The Morgan fingerprint density at radius 1 is 1.39 bits per heavy atom. The van der Waals surface area contributed by atoms with Crippen molar-refractivity contribution in [3.8, 4) is 6.07 Å². The van der Waals surface area contributed by atoms with Crippen molar-refractivity contribution >= 4 is 5.97 Å². The second-order valence-corrected chi connectivity index (χ2v) is 5.54. The maximum absolute atomic E-state index is 11.7. The summed E-state index contributed by atoms with van der Waals surface area (Å²) in [7, 11) is 1.30.